The maximum absolute atomic E-state index is 11.9. The van der Waals surface area contributed by atoms with Crippen LogP contribution in [0.3, 0.4) is 0 Å². The molecule has 0 atom stereocenters. The number of para-hydroxylation sites is 1. The fourth-order valence-corrected chi connectivity index (χ4v) is 1.53. The third-order valence-corrected chi connectivity index (χ3v) is 2.18. The van der Waals surface area contributed by atoms with Gasteiger partial charge in [0, 0.05) is 5.39 Å². The van der Waals surface area contributed by atoms with Crippen LogP contribution >= 0.6 is 0 Å². The summed E-state index contributed by atoms with van der Waals surface area (Å²) < 4.78 is 6.44. The maximum Gasteiger partial charge on any atom is 0.435 e. The van der Waals surface area contributed by atoms with Crippen molar-refractivity contribution in [1.29, 1.82) is 0 Å². The van der Waals surface area contributed by atoms with Gasteiger partial charge in [-0.05, 0) is 32.9 Å². The number of hydrogen-bond donors (Lipinski definition) is 1. The lowest BCUT2D eigenvalue weighted by Gasteiger charge is -2.19. The van der Waals surface area contributed by atoms with Gasteiger partial charge in [-0.1, -0.05) is 12.1 Å². The Kier molecular flexibility index (Phi) is 2.53. The van der Waals surface area contributed by atoms with Crippen molar-refractivity contribution in [2.75, 3.05) is 5.73 Å². The van der Waals surface area contributed by atoms with E-state index in [9.17, 15) is 4.79 Å². The summed E-state index contributed by atoms with van der Waals surface area (Å²) in [5, 5.41) is 4.74. The molecule has 0 aliphatic carbocycles. The first-order valence-corrected chi connectivity index (χ1v) is 5.35. The lowest BCUT2D eigenvalue weighted by atomic mass is 10.2. The van der Waals surface area contributed by atoms with Crippen LogP contribution in [0.5, 0.6) is 0 Å². The molecule has 0 bridgehead atoms. The topological polar surface area (TPSA) is 70.1 Å². The van der Waals surface area contributed by atoms with Gasteiger partial charge < -0.3 is 10.5 Å². The number of carbonyl (C=O) groups is 1. The summed E-state index contributed by atoms with van der Waals surface area (Å²) in [5.74, 6) is 0.325. The predicted octanol–water partition coefficient (Wildman–Crippen LogP) is 2.40. The van der Waals surface area contributed by atoms with Crippen LogP contribution in [-0.2, 0) is 4.74 Å². The SMILES string of the molecule is CC(C)(C)OC(=O)n1nc(N)c2ccccc21. The third-order valence-electron chi connectivity index (χ3n) is 2.18. The molecule has 0 unspecified atom stereocenters. The minimum Gasteiger partial charge on any atom is -0.442 e. The van der Waals surface area contributed by atoms with Gasteiger partial charge in [0.05, 0.1) is 5.52 Å². The summed E-state index contributed by atoms with van der Waals surface area (Å²) in [4.78, 5) is 11.9. The number of anilines is 1. The van der Waals surface area contributed by atoms with E-state index >= 15 is 0 Å². The smallest absolute Gasteiger partial charge is 0.435 e. The Morgan fingerprint density at radius 3 is 2.65 bits per heavy atom. The van der Waals surface area contributed by atoms with E-state index in [1.54, 1.807) is 26.8 Å². The van der Waals surface area contributed by atoms with Crippen molar-refractivity contribution >= 4 is 22.8 Å². The molecule has 0 spiro atoms. The van der Waals surface area contributed by atoms with Crippen molar-refractivity contribution in [3.63, 3.8) is 0 Å². The van der Waals surface area contributed by atoms with Crippen LogP contribution < -0.4 is 5.73 Å². The average molecular weight is 233 g/mol. The maximum atomic E-state index is 11.9. The average Bonchev–Trinajstić information content (AvgIpc) is 2.55. The summed E-state index contributed by atoms with van der Waals surface area (Å²) in [5.41, 5.74) is 5.83. The third kappa shape index (κ3) is 2.22. The molecule has 1 aromatic carbocycles. The zero-order chi connectivity index (χ0) is 12.6. The van der Waals surface area contributed by atoms with E-state index in [1.807, 2.05) is 18.2 Å². The summed E-state index contributed by atoms with van der Waals surface area (Å²) in [6.45, 7) is 5.42. The summed E-state index contributed by atoms with van der Waals surface area (Å²) in [6.07, 6.45) is -0.523. The standard InChI is InChI=1S/C12H15N3O2/c1-12(2,3)17-11(16)15-9-7-5-4-6-8(9)10(13)14-15/h4-7H,1-3H3,(H2,13,14). The van der Waals surface area contributed by atoms with Crippen LogP contribution in [0.2, 0.25) is 0 Å². The van der Waals surface area contributed by atoms with Crippen molar-refractivity contribution in [2.45, 2.75) is 26.4 Å². The van der Waals surface area contributed by atoms with Gasteiger partial charge in [0.15, 0.2) is 5.82 Å². The second-order valence-corrected chi connectivity index (χ2v) is 4.79. The monoisotopic (exact) mass is 233 g/mol. The zero-order valence-corrected chi connectivity index (χ0v) is 10.1. The normalized spacial score (nSPS) is 11.7. The number of nitrogens with two attached hydrogens (primary N) is 1. The van der Waals surface area contributed by atoms with Gasteiger partial charge in [-0.15, -0.1) is 5.10 Å². The van der Waals surface area contributed by atoms with E-state index in [4.69, 9.17) is 10.5 Å². The number of nitrogens with zero attached hydrogens (tertiary/aromatic N) is 2. The molecule has 2 aromatic rings. The molecule has 0 saturated heterocycles. The largest absolute Gasteiger partial charge is 0.442 e. The second kappa shape index (κ2) is 3.76. The first kappa shape index (κ1) is 11.4. The minimum atomic E-state index is -0.557. The van der Waals surface area contributed by atoms with Crippen molar-refractivity contribution in [1.82, 2.24) is 9.78 Å². The lowest BCUT2D eigenvalue weighted by Crippen LogP contribution is -2.27. The molecule has 5 heteroatoms. The molecular formula is C12H15N3O2. The van der Waals surface area contributed by atoms with Crippen LogP contribution in [-0.4, -0.2) is 21.5 Å². The van der Waals surface area contributed by atoms with Gasteiger partial charge >= 0.3 is 6.09 Å². The Morgan fingerprint density at radius 1 is 1.35 bits per heavy atom. The summed E-state index contributed by atoms with van der Waals surface area (Å²) >= 11 is 0. The van der Waals surface area contributed by atoms with Crippen molar-refractivity contribution in [3.8, 4) is 0 Å². The van der Waals surface area contributed by atoms with Crippen molar-refractivity contribution in [3.05, 3.63) is 24.3 Å². The number of aromatic nitrogens is 2. The van der Waals surface area contributed by atoms with E-state index in [0.717, 1.165) is 5.39 Å². The van der Waals surface area contributed by atoms with Gasteiger partial charge in [-0.3, -0.25) is 0 Å². The highest BCUT2D eigenvalue weighted by Crippen LogP contribution is 2.21. The van der Waals surface area contributed by atoms with Crippen LogP contribution in [0.1, 0.15) is 20.8 Å². The molecule has 0 aliphatic rings. The molecule has 0 amide bonds. The molecule has 5 nitrogen and oxygen atoms in total. The number of hydrogen-bond acceptors (Lipinski definition) is 4. The van der Waals surface area contributed by atoms with Gasteiger partial charge in [-0.2, -0.15) is 4.68 Å². The number of carbonyl (C=O) groups excluding carboxylic acids is 1. The highest BCUT2D eigenvalue weighted by atomic mass is 16.6. The van der Waals surface area contributed by atoms with Crippen LogP contribution in [0, 0.1) is 0 Å². The first-order valence-electron chi connectivity index (χ1n) is 5.35. The van der Waals surface area contributed by atoms with Crippen LogP contribution in [0.15, 0.2) is 24.3 Å². The molecule has 2 rings (SSSR count). The predicted molar refractivity (Wildman–Crippen MR) is 65.8 cm³/mol. The highest BCUT2D eigenvalue weighted by Gasteiger charge is 2.21. The van der Waals surface area contributed by atoms with Crippen molar-refractivity contribution in [2.24, 2.45) is 0 Å². The fourth-order valence-electron chi connectivity index (χ4n) is 1.53. The van der Waals surface area contributed by atoms with Gasteiger partial charge in [-0.25, -0.2) is 4.79 Å². The molecule has 1 aromatic heterocycles. The number of rotatable bonds is 0. The first-order chi connectivity index (χ1) is 7.88. The van der Waals surface area contributed by atoms with E-state index < -0.39 is 11.7 Å². The van der Waals surface area contributed by atoms with E-state index in [2.05, 4.69) is 5.10 Å². The minimum absolute atomic E-state index is 0.325. The fraction of sp³-hybridized carbons (Fsp3) is 0.333. The van der Waals surface area contributed by atoms with E-state index in [0.29, 0.717) is 11.3 Å². The van der Waals surface area contributed by atoms with Gasteiger partial charge in [0.25, 0.3) is 0 Å². The molecule has 0 aliphatic heterocycles. The Balaban J connectivity index is 2.46. The molecule has 90 valence electrons. The number of fused-ring (bicyclic) bond motifs is 1. The van der Waals surface area contributed by atoms with Crippen molar-refractivity contribution < 1.29 is 9.53 Å². The molecule has 17 heavy (non-hydrogen) atoms. The van der Waals surface area contributed by atoms with Gasteiger partial charge in [0.1, 0.15) is 5.60 Å². The number of ether oxygens (including phenoxy) is 1. The molecule has 2 N–H and O–H groups in total. The molecule has 0 radical (unpaired) electrons. The van der Waals surface area contributed by atoms with E-state index in [1.165, 1.54) is 4.68 Å². The number of nitrogen functional groups attached to an aromatic ring is 1. The highest BCUT2D eigenvalue weighted by molar-refractivity contribution is 5.94. The second-order valence-electron chi connectivity index (χ2n) is 4.79. The van der Waals surface area contributed by atoms with Gasteiger partial charge in [0.2, 0.25) is 0 Å². The Morgan fingerprint density at radius 2 is 2.00 bits per heavy atom. The number of benzene rings is 1. The van der Waals surface area contributed by atoms with Crippen LogP contribution in [0.25, 0.3) is 10.9 Å². The summed E-state index contributed by atoms with van der Waals surface area (Å²) in [6, 6.07) is 7.27. The molecule has 0 fully saturated rings. The molecule has 0 saturated carbocycles. The Labute approximate surface area is 99.2 Å². The Bertz CT molecular complexity index is 567. The lowest BCUT2D eigenvalue weighted by molar-refractivity contribution is 0.0523. The summed E-state index contributed by atoms with van der Waals surface area (Å²) in [7, 11) is 0. The Hall–Kier alpha value is -2.04. The molecular weight excluding hydrogens is 218 g/mol. The zero-order valence-electron chi connectivity index (χ0n) is 10.1. The molecule has 1 heterocycles. The quantitative estimate of drug-likeness (QED) is 0.758. The van der Waals surface area contributed by atoms with Crippen LogP contribution in [0.4, 0.5) is 10.6 Å². The van der Waals surface area contributed by atoms with E-state index in [-0.39, 0.29) is 0 Å².